The number of nitrogens with one attached hydrogen (secondary N) is 2. The Bertz CT molecular complexity index is 1850. The van der Waals surface area contributed by atoms with Crippen molar-refractivity contribution >= 4 is 97.8 Å². The van der Waals surface area contributed by atoms with Crippen molar-refractivity contribution in [3.05, 3.63) is 59.7 Å². The number of aliphatic hydroxyl groups excluding tert-OH is 4. The van der Waals surface area contributed by atoms with Gasteiger partial charge in [-0.1, -0.05) is 36.4 Å². The van der Waals surface area contributed by atoms with Gasteiger partial charge in [0.05, 0.1) is 24.0 Å². The van der Waals surface area contributed by atoms with Gasteiger partial charge in [-0.25, -0.2) is 0 Å². The maximum atomic E-state index is 15.0. The Morgan fingerprint density at radius 1 is 0.620 bits per heavy atom. The van der Waals surface area contributed by atoms with Gasteiger partial charge in [0.1, 0.15) is 24.5 Å². The number of anilines is 2. The van der Waals surface area contributed by atoms with Crippen LogP contribution in [0.15, 0.2) is 48.5 Å². The zero-order chi connectivity index (χ0) is 35.0. The summed E-state index contributed by atoms with van der Waals surface area (Å²) < 4.78 is 0. The molecule has 2 aromatic carbocycles. The van der Waals surface area contributed by atoms with Gasteiger partial charge in [0.15, 0.2) is 0 Å². The quantitative estimate of drug-likeness (QED) is 0.237. The molecule has 10 aliphatic rings. The first-order chi connectivity index (χ1) is 24.0. The number of aliphatic hydroxyl groups is 4. The summed E-state index contributed by atoms with van der Waals surface area (Å²) in [6.07, 6.45) is -5.90. The molecule has 0 saturated carbocycles. The summed E-state index contributed by atoms with van der Waals surface area (Å²) in [6, 6.07) is 14.3. The normalized spacial score (nSPS) is 44.7. The summed E-state index contributed by atoms with van der Waals surface area (Å²) in [7, 11) is 9.25. The summed E-state index contributed by atoms with van der Waals surface area (Å²) >= 11 is 0. The second kappa shape index (κ2) is 9.88. The predicted octanol–water partition coefficient (Wildman–Crippen LogP) is 0.572. The van der Waals surface area contributed by atoms with Crippen LogP contribution in [0.4, 0.5) is 11.4 Å². The molecule has 20 heteroatoms. The maximum absolute atomic E-state index is 15.0. The van der Waals surface area contributed by atoms with Crippen LogP contribution in [0.3, 0.4) is 0 Å². The van der Waals surface area contributed by atoms with Crippen LogP contribution in [0, 0.1) is 0 Å². The minimum atomic E-state index is -1.95. The SMILES string of the molecule is CN1C(=O)[C@]23SSS[C@@]1(CO)C(=O)N2[C@H]1Nc2ccccc2[C@@]1([C@@]12c4ccccc4N[C@@H]1N1C(=O)[C@]4(CO)SSS[C@]1(C(=O)N4C)[C@H]2O)[C@@H]3O. The standard InChI is InChI=1S/C30H28N6O8S6/c1-33-23(43)29-17(39)27(13-7-3-5-9-15(13)31-19(27)35(29)21(41)25(33,11-37)45-49-47-29)28-14-8-4-6-10-16(14)32-20(28)36-22(42)26(12-38)34(2)24(44)30(36,18(28)40)48-50-46-26/h3-10,17-20,31-32,37-40H,11-12H2,1-2H3/t17-,18-,19+,20+,25-,26-,27+,28+,29-,30-/m0/s1. The summed E-state index contributed by atoms with van der Waals surface area (Å²) in [5.41, 5.74) is -1.54. The molecule has 2 aromatic rings. The monoisotopic (exact) mass is 792 g/mol. The Kier molecular flexibility index (Phi) is 6.43. The molecular formula is C30H28N6O8S6. The van der Waals surface area contributed by atoms with E-state index >= 15 is 0 Å². The molecule has 14 nitrogen and oxygen atoms in total. The largest absolute Gasteiger partial charge is 0.392 e. The van der Waals surface area contributed by atoms with Crippen LogP contribution in [-0.4, -0.2) is 135 Å². The average Bonchev–Trinajstić information content (AvgIpc) is 3.65. The number of benzene rings is 2. The number of fused-ring (bicyclic) bond motifs is 13. The Labute approximate surface area is 307 Å². The molecule has 10 heterocycles. The van der Waals surface area contributed by atoms with Crippen LogP contribution >= 0.6 is 62.8 Å². The smallest absolute Gasteiger partial charge is 0.265 e. The number of nitrogens with zero attached hydrogens (tertiary/aromatic N) is 4. The topological polar surface area (TPSA) is 186 Å². The average molecular weight is 793 g/mol. The number of likely N-dealkylation sites (N-methyl/N-ethyl adjacent to an activating group) is 2. The Hall–Kier alpha value is -2.14. The lowest BCUT2D eigenvalue weighted by Crippen LogP contribution is -2.75. The van der Waals surface area contributed by atoms with Crippen molar-refractivity contribution in [2.45, 2.75) is 54.9 Å². The molecule has 0 aromatic heterocycles. The van der Waals surface area contributed by atoms with Gasteiger partial charge in [-0.3, -0.25) is 29.0 Å². The Balaban J connectivity index is 1.34. The van der Waals surface area contributed by atoms with E-state index in [2.05, 4.69) is 10.6 Å². The van der Waals surface area contributed by atoms with Crippen LogP contribution in [0.2, 0.25) is 0 Å². The summed E-state index contributed by atoms with van der Waals surface area (Å²) in [6.45, 7) is -1.38. The summed E-state index contributed by atoms with van der Waals surface area (Å²) in [4.78, 5) is 57.5. The molecule has 50 heavy (non-hydrogen) atoms. The number of carbonyl (C=O) groups excluding carboxylic acids is 4. The maximum Gasteiger partial charge on any atom is 0.265 e. The molecule has 0 radical (unpaired) electrons. The van der Waals surface area contributed by atoms with Crippen molar-refractivity contribution in [3.8, 4) is 0 Å². The molecule has 0 aliphatic carbocycles. The number of para-hydroxylation sites is 2. The van der Waals surface area contributed by atoms with Crippen LogP contribution in [-0.2, 0) is 30.0 Å². The van der Waals surface area contributed by atoms with E-state index in [1.807, 2.05) is 0 Å². The van der Waals surface area contributed by atoms with E-state index in [9.17, 15) is 39.6 Å². The predicted molar refractivity (Wildman–Crippen MR) is 193 cm³/mol. The number of carbonyl (C=O) groups is 4. The third-order valence-corrected chi connectivity index (χ3v) is 22.3. The van der Waals surface area contributed by atoms with Gasteiger partial charge in [0.2, 0.25) is 19.5 Å². The molecule has 2 spiro atoms. The van der Waals surface area contributed by atoms with Gasteiger partial charge in [0, 0.05) is 25.5 Å². The molecule has 262 valence electrons. The highest BCUT2D eigenvalue weighted by atomic mass is 33.5. The minimum absolute atomic E-state index is 0.492. The number of piperazine rings is 2. The fraction of sp³-hybridized carbons (Fsp3) is 0.467. The van der Waals surface area contributed by atoms with Gasteiger partial charge in [-0.15, -0.1) is 0 Å². The van der Waals surface area contributed by atoms with Crippen molar-refractivity contribution in [2.75, 3.05) is 37.9 Å². The highest BCUT2D eigenvalue weighted by molar-refractivity contribution is 9.10. The van der Waals surface area contributed by atoms with Crippen LogP contribution in [0.1, 0.15) is 11.1 Å². The first kappa shape index (κ1) is 32.5. The first-order valence-electron chi connectivity index (χ1n) is 15.6. The minimum Gasteiger partial charge on any atom is -0.392 e. The van der Waals surface area contributed by atoms with E-state index in [0.717, 1.165) is 62.8 Å². The van der Waals surface area contributed by atoms with Crippen molar-refractivity contribution in [1.82, 2.24) is 19.6 Å². The third kappa shape index (κ3) is 2.88. The van der Waals surface area contributed by atoms with Crippen LogP contribution in [0.5, 0.6) is 0 Å². The van der Waals surface area contributed by atoms with E-state index in [1.54, 1.807) is 48.5 Å². The zero-order valence-electron chi connectivity index (χ0n) is 26.0. The number of hydrogen-bond acceptors (Lipinski definition) is 16. The zero-order valence-corrected chi connectivity index (χ0v) is 30.9. The number of rotatable bonds is 3. The second-order valence-electron chi connectivity index (χ2n) is 13.6. The van der Waals surface area contributed by atoms with E-state index in [1.165, 1.54) is 33.7 Å². The second-order valence-corrected chi connectivity index (χ2v) is 22.4. The van der Waals surface area contributed by atoms with Gasteiger partial charge < -0.3 is 40.9 Å². The molecular weight excluding hydrogens is 765 g/mol. The van der Waals surface area contributed by atoms with Gasteiger partial charge in [0.25, 0.3) is 23.6 Å². The molecule has 0 unspecified atom stereocenters. The van der Waals surface area contributed by atoms with E-state index in [-0.39, 0.29) is 0 Å². The molecule has 10 aliphatic heterocycles. The lowest BCUT2D eigenvalue weighted by Gasteiger charge is -2.51. The van der Waals surface area contributed by atoms with E-state index in [0.29, 0.717) is 22.5 Å². The van der Waals surface area contributed by atoms with Crippen LogP contribution in [0.25, 0.3) is 0 Å². The van der Waals surface area contributed by atoms with Crippen molar-refractivity contribution in [1.29, 1.82) is 0 Å². The molecule has 4 amide bonds. The summed E-state index contributed by atoms with van der Waals surface area (Å²) in [5.74, 6) is -2.40. The molecule has 8 saturated heterocycles. The van der Waals surface area contributed by atoms with Crippen molar-refractivity contribution < 1.29 is 39.6 Å². The molecule has 4 bridgehead atoms. The van der Waals surface area contributed by atoms with Crippen LogP contribution < -0.4 is 10.6 Å². The number of amides is 4. The highest BCUT2D eigenvalue weighted by Gasteiger charge is 2.92. The van der Waals surface area contributed by atoms with E-state index < -0.39 is 91.7 Å². The Morgan fingerprint density at radius 2 is 1.00 bits per heavy atom. The molecule has 8 fully saturated rings. The van der Waals surface area contributed by atoms with Crippen molar-refractivity contribution in [2.24, 2.45) is 0 Å². The fourth-order valence-electron chi connectivity index (χ4n) is 10.0. The van der Waals surface area contributed by atoms with Crippen molar-refractivity contribution in [3.63, 3.8) is 0 Å². The van der Waals surface area contributed by atoms with Gasteiger partial charge in [-0.2, -0.15) is 0 Å². The molecule has 6 N–H and O–H groups in total. The highest BCUT2D eigenvalue weighted by Crippen LogP contribution is 2.78. The summed E-state index contributed by atoms with van der Waals surface area (Å²) in [5, 5.41) is 55.4. The molecule has 10 atom stereocenters. The molecule has 12 rings (SSSR count). The van der Waals surface area contributed by atoms with Gasteiger partial charge in [-0.05, 0) is 86.1 Å². The Morgan fingerprint density at radius 3 is 1.38 bits per heavy atom. The fourth-order valence-corrected chi connectivity index (χ4v) is 21.7. The van der Waals surface area contributed by atoms with E-state index in [4.69, 9.17) is 0 Å². The van der Waals surface area contributed by atoms with Gasteiger partial charge >= 0.3 is 0 Å². The number of hydrogen-bond donors (Lipinski definition) is 6. The third-order valence-electron chi connectivity index (χ3n) is 12.2. The first-order valence-corrected chi connectivity index (χ1v) is 22.5. The lowest BCUT2D eigenvalue weighted by molar-refractivity contribution is -0.168. The lowest BCUT2D eigenvalue weighted by atomic mass is 9.52.